The van der Waals surface area contributed by atoms with Crippen molar-refractivity contribution in [2.45, 2.75) is 62.3 Å². The van der Waals surface area contributed by atoms with Crippen molar-refractivity contribution < 1.29 is 19.1 Å². The fourth-order valence-corrected chi connectivity index (χ4v) is 6.45. The Kier molecular flexibility index (Phi) is 4.28. The number of hydrogen-bond acceptors (Lipinski definition) is 4. The van der Waals surface area contributed by atoms with E-state index in [-0.39, 0.29) is 29.5 Å². The fraction of sp³-hybridized carbons (Fsp3) is 0.889. The number of nitrogens with one attached hydrogen (secondary N) is 1. The molecule has 1 saturated heterocycles. The van der Waals surface area contributed by atoms with Gasteiger partial charge < -0.3 is 14.8 Å². The SMILES string of the molecule is O=C(COC(=O)C12C[C@@H]3C[C@H](CC(Cl)(C3)C1)C2)NC[C@@H]1CCCO1. The molecule has 1 aliphatic heterocycles. The van der Waals surface area contributed by atoms with Crippen molar-refractivity contribution >= 4 is 23.5 Å². The molecule has 0 aromatic heterocycles. The minimum Gasteiger partial charge on any atom is -0.455 e. The third-order valence-electron chi connectivity index (χ3n) is 6.31. The molecule has 5 rings (SSSR count). The van der Waals surface area contributed by atoms with E-state index < -0.39 is 5.41 Å². The highest BCUT2D eigenvalue weighted by Crippen LogP contribution is 2.64. The second-order valence-electron chi connectivity index (χ2n) is 8.41. The van der Waals surface area contributed by atoms with Crippen LogP contribution in [-0.2, 0) is 19.1 Å². The van der Waals surface area contributed by atoms with Crippen LogP contribution in [0.15, 0.2) is 0 Å². The maximum absolute atomic E-state index is 12.7. The molecule has 4 aliphatic carbocycles. The van der Waals surface area contributed by atoms with E-state index >= 15 is 0 Å². The lowest BCUT2D eigenvalue weighted by molar-refractivity contribution is -0.171. The van der Waals surface area contributed by atoms with Gasteiger partial charge in [0, 0.05) is 18.0 Å². The van der Waals surface area contributed by atoms with E-state index in [1.807, 2.05) is 0 Å². The Balaban J connectivity index is 1.29. The molecule has 1 heterocycles. The molecule has 0 radical (unpaired) electrons. The van der Waals surface area contributed by atoms with Crippen molar-refractivity contribution in [3.05, 3.63) is 0 Å². The lowest BCUT2D eigenvalue weighted by Crippen LogP contribution is -2.56. The summed E-state index contributed by atoms with van der Waals surface area (Å²) in [7, 11) is 0. The maximum Gasteiger partial charge on any atom is 0.312 e. The van der Waals surface area contributed by atoms with Crippen molar-refractivity contribution in [3.63, 3.8) is 0 Å². The Hall–Kier alpha value is -0.810. The molecule has 24 heavy (non-hydrogen) atoms. The van der Waals surface area contributed by atoms with E-state index in [0.29, 0.717) is 24.8 Å². The minimum atomic E-state index is -0.444. The summed E-state index contributed by atoms with van der Waals surface area (Å²) >= 11 is 6.75. The molecule has 0 aromatic rings. The first-order valence-electron chi connectivity index (χ1n) is 9.21. The van der Waals surface area contributed by atoms with Gasteiger partial charge in [-0.05, 0) is 63.2 Å². The number of carbonyl (C=O) groups excluding carboxylic acids is 2. The number of alkyl halides is 1. The lowest BCUT2D eigenvalue weighted by atomic mass is 9.49. The Labute approximate surface area is 147 Å². The number of amides is 1. The van der Waals surface area contributed by atoms with Gasteiger partial charge in [-0.2, -0.15) is 0 Å². The number of hydrogen-bond donors (Lipinski definition) is 1. The van der Waals surface area contributed by atoms with Crippen LogP contribution >= 0.6 is 11.6 Å². The predicted octanol–water partition coefficient (Wildman–Crippen LogP) is 2.40. The predicted molar refractivity (Wildman–Crippen MR) is 88.6 cm³/mol. The molecule has 5 fully saturated rings. The zero-order valence-corrected chi connectivity index (χ0v) is 14.8. The van der Waals surface area contributed by atoms with Crippen LogP contribution in [-0.4, -0.2) is 42.6 Å². The number of carbonyl (C=O) groups is 2. The molecule has 6 heteroatoms. The van der Waals surface area contributed by atoms with Crippen LogP contribution in [0, 0.1) is 17.3 Å². The molecule has 0 aromatic carbocycles. The summed E-state index contributed by atoms with van der Waals surface area (Å²) in [6, 6.07) is 0. The van der Waals surface area contributed by atoms with Crippen LogP contribution in [0.1, 0.15) is 51.4 Å². The second kappa shape index (κ2) is 6.17. The Bertz CT molecular complexity index is 517. The summed E-state index contributed by atoms with van der Waals surface area (Å²) in [5, 5.41) is 2.79. The van der Waals surface area contributed by atoms with Crippen LogP contribution in [0.25, 0.3) is 0 Å². The van der Waals surface area contributed by atoms with Gasteiger partial charge in [-0.15, -0.1) is 11.6 Å². The van der Waals surface area contributed by atoms with Crippen LogP contribution in [0.2, 0.25) is 0 Å². The number of ether oxygens (including phenoxy) is 2. The highest BCUT2D eigenvalue weighted by Gasteiger charge is 2.60. The van der Waals surface area contributed by atoms with E-state index in [9.17, 15) is 9.59 Å². The monoisotopic (exact) mass is 355 g/mol. The van der Waals surface area contributed by atoms with E-state index in [1.54, 1.807) is 0 Å². The average molecular weight is 356 g/mol. The summed E-state index contributed by atoms with van der Waals surface area (Å²) in [6.45, 7) is 1.06. The quantitative estimate of drug-likeness (QED) is 0.607. The smallest absolute Gasteiger partial charge is 0.312 e. The molecule has 4 saturated carbocycles. The van der Waals surface area contributed by atoms with Gasteiger partial charge in [0.1, 0.15) is 0 Å². The molecular weight excluding hydrogens is 330 g/mol. The van der Waals surface area contributed by atoms with Gasteiger partial charge >= 0.3 is 5.97 Å². The Morgan fingerprint density at radius 3 is 2.58 bits per heavy atom. The molecule has 0 spiro atoms. The van der Waals surface area contributed by atoms with Crippen LogP contribution in [0.3, 0.4) is 0 Å². The normalized spacial score (nSPS) is 43.0. The van der Waals surface area contributed by atoms with Gasteiger partial charge in [0.25, 0.3) is 5.91 Å². The molecule has 1 N–H and O–H groups in total. The molecule has 5 nitrogen and oxygen atoms in total. The summed E-state index contributed by atoms with van der Waals surface area (Å²) < 4.78 is 10.9. The van der Waals surface area contributed by atoms with Crippen LogP contribution in [0.4, 0.5) is 0 Å². The number of esters is 1. The zero-order chi connectivity index (χ0) is 16.8. The highest BCUT2D eigenvalue weighted by atomic mass is 35.5. The van der Waals surface area contributed by atoms with E-state index in [4.69, 9.17) is 21.1 Å². The van der Waals surface area contributed by atoms with Crippen LogP contribution < -0.4 is 5.32 Å². The molecule has 134 valence electrons. The topological polar surface area (TPSA) is 64.6 Å². The van der Waals surface area contributed by atoms with Crippen molar-refractivity contribution in [1.82, 2.24) is 5.32 Å². The van der Waals surface area contributed by atoms with Gasteiger partial charge in [-0.25, -0.2) is 0 Å². The third kappa shape index (κ3) is 3.17. The zero-order valence-electron chi connectivity index (χ0n) is 14.0. The van der Waals surface area contributed by atoms with Gasteiger partial charge in [-0.3, -0.25) is 9.59 Å². The van der Waals surface area contributed by atoms with Gasteiger partial charge in [0.15, 0.2) is 6.61 Å². The average Bonchev–Trinajstić information content (AvgIpc) is 3.01. The fourth-order valence-electron chi connectivity index (χ4n) is 5.76. The largest absolute Gasteiger partial charge is 0.455 e. The van der Waals surface area contributed by atoms with E-state index in [1.165, 1.54) is 6.42 Å². The van der Waals surface area contributed by atoms with Crippen LogP contribution in [0.5, 0.6) is 0 Å². The first-order chi connectivity index (χ1) is 11.5. The van der Waals surface area contributed by atoms with Gasteiger partial charge in [0.05, 0.1) is 11.5 Å². The molecule has 5 aliphatic rings. The molecule has 3 atom stereocenters. The molecule has 4 bridgehead atoms. The lowest BCUT2D eigenvalue weighted by Gasteiger charge is -2.58. The summed E-state index contributed by atoms with van der Waals surface area (Å²) in [5.74, 6) is 0.632. The Morgan fingerprint density at radius 1 is 1.21 bits per heavy atom. The standard InChI is InChI=1S/C18H26ClNO4/c19-18-7-12-4-13(8-18)6-17(5-12,11-18)16(22)24-10-15(21)20-9-14-2-1-3-23-14/h12-14H,1-11H2,(H,20,21)/t12-,13-,14-,17?,18?/m0/s1. The number of rotatable bonds is 5. The van der Waals surface area contributed by atoms with Crippen molar-refractivity contribution in [1.29, 1.82) is 0 Å². The Morgan fingerprint density at radius 2 is 1.96 bits per heavy atom. The molecule has 0 unspecified atom stereocenters. The highest BCUT2D eigenvalue weighted by molar-refractivity contribution is 6.24. The van der Waals surface area contributed by atoms with Crippen molar-refractivity contribution in [2.75, 3.05) is 19.8 Å². The summed E-state index contributed by atoms with van der Waals surface area (Å²) in [4.78, 5) is 24.4. The summed E-state index contributed by atoms with van der Waals surface area (Å²) in [6.07, 6.45) is 7.86. The van der Waals surface area contributed by atoms with Crippen molar-refractivity contribution in [2.24, 2.45) is 17.3 Å². The molecule has 1 amide bonds. The maximum atomic E-state index is 12.7. The minimum absolute atomic E-state index is 0.101. The third-order valence-corrected chi connectivity index (χ3v) is 6.75. The van der Waals surface area contributed by atoms with Crippen molar-refractivity contribution in [3.8, 4) is 0 Å². The van der Waals surface area contributed by atoms with E-state index in [2.05, 4.69) is 5.32 Å². The number of halogens is 1. The van der Waals surface area contributed by atoms with Gasteiger partial charge in [-0.1, -0.05) is 0 Å². The summed E-state index contributed by atoms with van der Waals surface area (Å²) in [5.41, 5.74) is -0.444. The van der Waals surface area contributed by atoms with E-state index in [0.717, 1.165) is 45.1 Å². The molecular formula is C18H26ClNO4. The first-order valence-corrected chi connectivity index (χ1v) is 9.59. The first kappa shape index (κ1) is 16.6. The second-order valence-corrected chi connectivity index (χ2v) is 9.21. The van der Waals surface area contributed by atoms with Gasteiger partial charge in [0.2, 0.25) is 0 Å².